The molecule has 1 rings (SSSR count). The van der Waals surface area contributed by atoms with E-state index in [0.29, 0.717) is 0 Å². The Hall–Kier alpha value is -1.84. The highest BCUT2D eigenvalue weighted by Gasteiger charge is 2.30. The first kappa shape index (κ1) is 17.2. The average Bonchev–Trinajstić information content (AvgIpc) is 2.35. The Morgan fingerprint density at radius 2 is 2.00 bits per heavy atom. The zero-order chi connectivity index (χ0) is 16.0. The summed E-state index contributed by atoms with van der Waals surface area (Å²) in [6.45, 7) is -1.21. The molecule has 0 aromatic rings. The van der Waals surface area contributed by atoms with Crippen LogP contribution in [0.15, 0.2) is 0 Å². The van der Waals surface area contributed by atoms with Crippen LogP contribution in [0.3, 0.4) is 0 Å². The van der Waals surface area contributed by atoms with E-state index >= 15 is 0 Å². The number of carboxylic acids is 1. The van der Waals surface area contributed by atoms with Crippen molar-refractivity contribution in [2.45, 2.75) is 25.1 Å². The Kier molecular flexibility index (Phi) is 5.94. The summed E-state index contributed by atoms with van der Waals surface area (Å²) in [7, 11) is 0. The Balaban J connectivity index is 2.40. The van der Waals surface area contributed by atoms with Crippen molar-refractivity contribution in [2.24, 2.45) is 0 Å². The largest absolute Gasteiger partial charge is 0.481 e. The van der Waals surface area contributed by atoms with E-state index in [0.717, 1.165) is 0 Å². The Morgan fingerprint density at radius 1 is 1.33 bits per heavy atom. The van der Waals surface area contributed by atoms with E-state index in [2.05, 4.69) is 0 Å². The van der Waals surface area contributed by atoms with Crippen LogP contribution < -0.4 is 5.32 Å². The molecule has 0 spiro atoms. The monoisotopic (exact) mass is 312 g/mol. The quantitative estimate of drug-likeness (QED) is 0.683. The highest BCUT2D eigenvalue weighted by Crippen LogP contribution is 2.13. The standard InChI is InChI=1S/C11H15F3N2O5/c12-11(13,14)6-15-8(17)4-9(18)16-1-2-21-7(5-16)3-10(19)20/h7H,1-6H2,(H,15,17)(H,19,20). The number of aliphatic carboxylic acids is 1. The minimum Gasteiger partial charge on any atom is -0.481 e. The number of carbonyl (C=O) groups is 3. The molecule has 1 heterocycles. The molecular formula is C11H15F3N2O5. The van der Waals surface area contributed by atoms with Crippen LogP contribution in [0.4, 0.5) is 13.2 Å². The van der Waals surface area contributed by atoms with Crippen LogP contribution in [-0.2, 0) is 19.1 Å². The topological polar surface area (TPSA) is 95.9 Å². The highest BCUT2D eigenvalue weighted by atomic mass is 19.4. The van der Waals surface area contributed by atoms with Gasteiger partial charge >= 0.3 is 12.1 Å². The van der Waals surface area contributed by atoms with Gasteiger partial charge in [0.15, 0.2) is 0 Å². The summed E-state index contributed by atoms with van der Waals surface area (Å²) in [6, 6.07) is 0. The van der Waals surface area contributed by atoms with Crippen molar-refractivity contribution >= 4 is 17.8 Å². The molecule has 0 radical (unpaired) electrons. The predicted molar refractivity (Wildman–Crippen MR) is 62.3 cm³/mol. The van der Waals surface area contributed by atoms with Crippen molar-refractivity contribution < 1.29 is 37.4 Å². The van der Waals surface area contributed by atoms with Gasteiger partial charge in [0.1, 0.15) is 13.0 Å². The Labute approximate surface area is 118 Å². The number of halogens is 3. The normalized spacial score (nSPS) is 19.2. The molecule has 1 atom stereocenters. The summed E-state index contributed by atoms with van der Waals surface area (Å²) < 4.78 is 40.8. The lowest BCUT2D eigenvalue weighted by molar-refractivity contribution is -0.150. The van der Waals surface area contributed by atoms with Gasteiger partial charge in [-0.3, -0.25) is 14.4 Å². The van der Waals surface area contributed by atoms with Crippen molar-refractivity contribution in [3.63, 3.8) is 0 Å². The zero-order valence-electron chi connectivity index (χ0n) is 11.0. The molecule has 0 aliphatic carbocycles. The number of nitrogens with zero attached hydrogens (tertiary/aromatic N) is 1. The maximum Gasteiger partial charge on any atom is 0.405 e. The number of nitrogens with one attached hydrogen (secondary N) is 1. The van der Waals surface area contributed by atoms with Crippen LogP contribution in [0.2, 0.25) is 0 Å². The average molecular weight is 312 g/mol. The van der Waals surface area contributed by atoms with Gasteiger partial charge in [0, 0.05) is 13.1 Å². The third-order valence-electron chi connectivity index (χ3n) is 2.69. The van der Waals surface area contributed by atoms with E-state index in [4.69, 9.17) is 9.84 Å². The zero-order valence-corrected chi connectivity index (χ0v) is 11.0. The molecule has 2 amide bonds. The number of amides is 2. The van der Waals surface area contributed by atoms with Gasteiger partial charge in [0.2, 0.25) is 11.8 Å². The number of carboxylic acid groups (broad SMARTS) is 1. The van der Waals surface area contributed by atoms with Gasteiger partial charge in [-0.05, 0) is 0 Å². The number of hydrogen-bond donors (Lipinski definition) is 2. The van der Waals surface area contributed by atoms with Crippen LogP contribution in [0.1, 0.15) is 12.8 Å². The number of carbonyl (C=O) groups excluding carboxylic acids is 2. The molecule has 1 unspecified atom stereocenters. The van der Waals surface area contributed by atoms with E-state index in [1.54, 1.807) is 5.32 Å². The molecule has 7 nitrogen and oxygen atoms in total. The van der Waals surface area contributed by atoms with E-state index in [1.165, 1.54) is 4.90 Å². The summed E-state index contributed by atoms with van der Waals surface area (Å²) in [5.41, 5.74) is 0. The molecule has 1 saturated heterocycles. The Morgan fingerprint density at radius 3 is 2.57 bits per heavy atom. The number of hydrogen-bond acceptors (Lipinski definition) is 4. The second kappa shape index (κ2) is 7.25. The highest BCUT2D eigenvalue weighted by molar-refractivity contribution is 5.96. The smallest absolute Gasteiger partial charge is 0.405 e. The van der Waals surface area contributed by atoms with Crippen LogP contribution in [0.25, 0.3) is 0 Å². The molecule has 0 bridgehead atoms. The lowest BCUT2D eigenvalue weighted by atomic mass is 10.2. The summed E-state index contributed by atoms with van der Waals surface area (Å²) in [5, 5.41) is 10.2. The predicted octanol–water partition coefficient (Wildman–Crippen LogP) is -0.243. The molecule has 1 aliphatic heterocycles. The molecule has 10 heteroatoms. The maximum atomic E-state index is 11.9. The molecule has 0 aromatic carbocycles. The number of ether oxygens (including phenoxy) is 1. The summed E-state index contributed by atoms with van der Waals surface area (Å²) in [6.07, 6.45) is -6.22. The van der Waals surface area contributed by atoms with Gasteiger partial charge in [0.25, 0.3) is 0 Å². The first-order valence-electron chi connectivity index (χ1n) is 6.12. The van der Waals surface area contributed by atoms with E-state index < -0.39 is 43.0 Å². The molecule has 120 valence electrons. The van der Waals surface area contributed by atoms with E-state index in [1.807, 2.05) is 0 Å². The third kappa shape index (κ3) is 6.93. The van der Waals surface area contributed by atoms with Gasteiger partial charge in [-0.1, -0.05) is 0 Å². The van der Waals surface area contributed by atoms with Crippen LogP contribution in [0, 0.1) is 0 Å². The van der Waals surface area contributed by atoms with Crippen LogP contribution in [0.5, 0.6) is 0 Å². The molecule has 1 fully saturated rings. The van der Waals surface area contributed by atoms with Gasteiger partial charge in [0.05, 0.1) is 19.1 Å². The third-order valence-corrected chi connectivity index (χ3v) is 2.69. The van der Waals surface area contributed by atoms with Crippen molar-refractivity contribution in [3.8, 4) is 0 Å². The lowest BCUT2D eigenvalue weighted by Crippen LogP contribution is -2.47. The van der Waals surface area contributed by atoms with Gasteiger partial charge in [-0.15, -0.1) is 0 Å². The summed E-state index contributed by atoms with van der Waals surface area (Å²) in [5.74, 6) is -2.77. The number of morpholine rings is 1. The van der Waals surface area contributed by atoms with Gasteiger partial charge in [-0.25, -0.2) is 0 Å². The van der Waals surface area contributed by atoms with Crippen molar-refractivity contribution in [1.29, 1.82) is 0 Å². The van der Waals surface area contributed by atoms with Crippen molar-refractivity contribution in [1.82, 2.24) is 10.2 Å². The van der Waals surface area contributed by atoms with Crippen LogP contribution in [-0.4, -0.2) is 66.3 Å². The van der Waals surface area contributed by atoms with Gasteiger partial charge < -0.3 is 20.1 Å². The first-order chi connectivity index (χ1) is 9.67. The van der Waals surface area contributed by atoms with Gasteiger partial charge in [-0.2, -0.15) is 13.2 Å². The summed E-state index contributed by atoms with van der Waals surface area (Å²) >= 11 is 0. The van der Waals surface area contributed by atoms with E-state index in [-0.39, 0.29) is 26.1 Å². The maximum absolute atomic E-state index is 11.9. The number of rotatable bonds is 5. The Bertz CT molecular complexity index is 413. The molecular weight excluding hydrogens is 297 g/mol. The van der Waals surface area contributed by atoms with Crippen molar-refractivity contribution in [3.05, 3.63) is 0 Å². The van der Waals surface area contributed by atoms with Crippen LogP contribution >= 0.6 is 0 Å². The molecule has 0 aromatic heterocycles. The second-order valence-electron chi connectivity index (χ2n) is 4.50. The summed E-state index contributed by atoms with van der Waals surface area (Å²) in [4.78, 5) is 34.7. The second-order valence-corrected chi connectivity index (χ2v) is 4.50. The molecule has 21 heavy (non-hydrogen) atoms. The minimum absolute atomic E-state index is 0.00230. The molecule has 0 saturated carbocycles. The first-order valence-corrected chi connectivity index (χ1v) is 6.12. The molecule has 2 N–H and O–H groups in total. The fourth-order valence-electron chi connectivity index (χ4n) is 1.77. The molecule has 1 aliphatic rings. The lowest BCUT2D eigenvalue weighted by Gasteiger charge is -2.32. The minimum atomic E-state index is -4.54. The fraction of sp³-hybridized carbons (Fsp3) is 0.727. The number of alkyl halides is 3. The van der Waals surface area contributed by atoms with Crippen molar-refractivity contribution in [2.75, 3.05) is 26.2 Å². The van der Waals surface area contributed by atoms with E-state index in [9.17, 15) is 27.6 Å². The fourth-order valence-corrected chi connectivity index (χ4v) is 1.77. The SMILES string of the molecule is O=C(O)CC1CN(C(=O)CC(=O)NCC(F)(F)F)CCO1.